The fourth-order valence-corrected chi connectivity index (χ4v) is 2.73. The van der Waals surface area contributed by atoms with Crippen LogP contribution in [0, 0.1) is 0 Å². The molecular weight excluding hydrogens is 288 g/mol. The summed E-state index contributed by atoms with van der Waals surface area (Å²) in [6.45, 7) is 6.56. The largest absolute Gasteiger partial charge is 0.356 e. The molecule has 2 nitrogen and oxygen atoms in total. The number of anilines is 1. The number of thiocarbonyl (C=S) groups is 1. The molecule has 0 aliphatic heterocycles. The van der Waals surface area contributed by atoms with Gasteiger partial charge in [-0.15, -0.1) is 0 Å². The van der Waals surface area contributed by atoms with Crippen LogP contribution in [-0.2, 0) is 0 Å². The van der Waals surface area contributed by atoms with E-state index in [1.54, 1.807) is 0 Å². The van der Waals surface area contributed by atoms with E-state index >= 15 is 0 Å². The lowest BCUT2D eigenvalue weighted by Crippen LogP contribution is -2.31. The average Bonchev–Trinajstić information content (AvgIpc) is 2.55. The minimum atomic E-state index is 0.178. The Morgan fingerprint density at radius 2 is 1.64 bits per heavy atom. The monoisotopic (exact) mass is 312 g/mol. The Morgan fingerprint density at radius 3 is 2.32 bits per heavy atom. The lowest BCUT2D eigenvalue weighted by molar-refractivity contribution is 0.720. The van der Waals surface area contributed by atoms with Crippen LogP contribution in [0.5, 0.6) is 0 Å². The highest BCUT2D eigenvalue weighted by Crippen LogP contribution is 2.26. The zero-order valence-electron chi connectivity index (χ0n) is 13.5. The van der Waals surface area contributed by atoms with Crippen LogP contribution in [0.1, 0.15) is 50.3 Å². The molecule has 2 aromatic rings. The first-order chi connectivity index (χ1) is 10.6. The van der Waals surface area contributed by atoms with Crippen molar-refractivity contribution in [1.29, 1.82) is 0 Å². The molecule has 3 heteroatoms. The Kier molecular flexibility index (Phi) is 5.96. The number of hydrogen-bond acceptors (Lipinski definition) is 1. The molecule has 116 valence electrons. The molecule has 0 aliphatic carbocycles. The van der Waals surface area contributed by atoms with Gasteiger partial charge in [-0.3, -0.25) is 0 Å². The molecular formula is C19H24N2S. The van der Waals surface area contributed by atoms with Gasteiger partial charge >= 0.3 is 0 Å². The summed E-state index contributed by atoms with van der Waals surface area (Å²) >= 11 is 5.47. The van der Waals surface area contributed by atoms with Gasteiger partial charge in [0.05, 0.1) is 6.04 Å². The quantitative estimate of drug-likeness (QED) is 0.738. The maximum absolute atomic E-state index is 5.47. The van der Waals surface area contributed by atoms with E-state index in [1.807, 2.05) is 24.3 Å². The molecule has 0 amide bonds. The van der Waals surface area contributed by atoms with Gasteiger partial charge in [-0.25, -0.2) is 0 Å². The predicted molar refractivity (Wildman–Crippen MR) is 99.4 cm³/mol. The highest BCUT2D eigenvalue weighted by molar-refractivity contribution is 7.80. The zero-order valence-corrected chi connectivity index (χ0v) is 14.3. The van der Waals surface area contributed by atoms with Gasteiger partial charge in [-0.1, -0.05) is 62.4 Å². The van der Waals surface area contributed by atoms with Crippen molar-refractivity contribution in [3.8, 4) is 0 Å². The van der Waals surface area contributed by atoms with Gasteiger partial charge in [0.2, 0.25) is 0 Å². The summed E-state index contributed by atoms with van der Waals surface area (Å²) < 4.78 is 0. The van der Waals surface area contributed by atoms with Gasteiger partial charge in [-0.05, 0) is 48.7 Å². The van der Waals surface area contributed by atoms with Crippen LogP contribution in [0.25, 0.3) is 0 Å². The predicted octanol–water partition coefficient (Wildman–Crippen LogP) is 5.25. The summed E-state index contributed by atoms with van der Waals surface area (Å²) in [4.78, 5) is 0. The molecule has 0 saturated heterocycles. The number of rotatable bonds is 5. The minimum absolute atomic E-state index is 0.178. The molecule has 22 heavy (non-hydrogen) atoms. The van der Waals surface area contributed by atoms with Gasteiger partial charge in [0.15, 0.2) is 5.11 Å². The third-order valence-corrected chi connectivity index (χ3v) is 4.22. The summed E-state index contributed by atoms with van der Waals surface area (Å²) in [5, 5.41) is 7.36. The van der Waals surface area contributed by atoms with E-state index in [4.69, 9.17) is 12.2 Å². The Morgan fingerprint density at radius 1 is 1.00 bits per heavy atom. The molecule has 2 rings (SSSR count). The molecule has 2 N–H and O–H groups in total. The van der Waals surface area contributed by atoms with Crippen molar-refractivity contribution in [2.45, 2.75) is 39.2 Å². The Balaban J connectivity index is 2.04. The smallest absolute Gasteiger partial charge is 0.171 e. The van der Waals surface area contributed by atoms with Crippen LogP contribution in [0.2, 0.25) is 0 Å². The van der Waals surface area contributed by atoms with E-state index in [1.165, 1.54) is 11.1 Å². The average molecular weight is 312 g/mol. The molecule has 0 aliphatic rings. The van der Waals surface area contributed by atoms with Crippen LogP contribution in [0.3, 0.4) is 0 Å². The SMILES string of the molecule is CCC(C)c1ccccc1NC(=S)NC(C)c1ccccc1. The van der Waals surface area contributed by atoms with Crippen LogP contribution in [-0.4, -0.2) is 5.11 Å². The number of hydrogen-bond donors (Lipinski definition) is 2. The normalized spacial score (nSPS) is 13.2. The first kappa shape index (κ1) is 16.5. The molecule has 0 aromatic heterocycles. The summed E-state index contributed by atoms with van der Waals surface area (Å²) in [5.41, 5.74) is 3.62. The van der Waals surface area contributed by atoms with E-state index in [2.05, 4.69) is 61.7 Å². The van der Waals surface area contributed by atoms with Crippen molar-refractivity contribution >= 4 is 23.0 Å². The lowest BCUT2D eigenvalue weighted by atomic mass is 9.97. The fourth-order valence-electron chi connectivity index (χ4n) is 2.44. The van der Waals surface area contributed by atoms with Gasteiger partial charge < -0.3 is 10.6 Å². The molecule has 2 atom stereocenters. The second kappa shape index (κ2) is 7.95. The molecule has 0 saturated carbocycles. The van der Waals surface area contributed by atoms with Crippen LogP contribution < -0.4 is 10.6 Å². The standard InChI is InChI=1S/C19H24N2S/c1-4-14(2)17-12-8-9-13-18(17)21-19(22)20-15(3)16-10-6-5-7-11-16/h5-15H,4H2,1-3H3,(H2,20,21,22). The molecule has 0 bridgehead atoms. The van der Waals surface area contributed by atoms with Crippen LogP contribution in [0.4, 0.5) is 5.69 Å². The highest BCUT2D eigenvalue weighted by atomic mass is 32.1. The summed E-state index contributed by atoms with van der Waals surface area (Å²) in [5.74, 6) is 0.512. The first-order valence-electron chi connectivity index (χ1n) is 7.83. The van der Waals surface area contributed by atoms with E-state index in [-0.39, 0.29) is 6.04 Å². The third kappa shape index (κ3) is 4.31. The van der Waals surface area contributed by atoms with Crippen LogP contribution >= 0.6 is 12.2 Å². The topological polar surface area (TPSA) is 24.1 Å². The fraction of sp³-hybridized carbons (Fsp3) is 0.316. The second-order valence-corrected chi connectivity index (χ2v) is 6.04. The zero-order chi connectivity index (χ0) is 15.9. The molecule has 2 aromatic carbocycles. The number of para-hydroxylation sites is 1. The van der Waals surface area contributed by atoms with Gasteiger partial charge in [0, 0.05) is 5.69 Å². The van der Waals surface area contributed by atoms with Crippen molar-refractivity contribution in [2.24, 2.45) is 0 Å². The maximum atomic E-state index is 5.47. The minimum Gasteiger partial charge on any atom is -0.356 e. The van der Waals surface area contributed by atoms with E-state index in [0.717, 1.165) is 12.1 Å². The molecule has 0 spiro atoms. The number of nitrogens with one attached hydrogen (secondary N) is 2. The number of benzene rings is 2. The van der Waals surface area contributed by atoms with Gasteiger partial charge in [0.25, 0.3) is 0 Å². The highest BCUT2D eigenvalue weighted by Gasteiger charge is 2.11. The van der Waals surface area contributed by atoms with Crippen molar-refractivity contribution in [3.63, 3.8) is 0 Å². The summed E-state index contributed by atoms with van der Waals surface area (Å²) in [6.07, 6.45) is 1.11. The Labute approximate surface area is 139 Å². The van der Waals surface area contributed by atoms with Gasteiger partial charge in [-0.2, -0.15) is 0 Å². The van der Waals surface area contributed by atoms with E-state index < -0.39 is 0 Å². The van der Waals surface area contributed by atoms with E-state index in [9.17, 15) is 0 Å². The van der Waals surface area contributed by atoms with E-state index in [0.29, 0.717) is 11.0 Å². The molecule has 0 fully saturated rings. The lowest BCUT2D eigenvalue weighted by Gasteiger charge is -2.20. The first-order valence-corrected chi connectivity index (χ1v) is 8.24. The summed E-state index contributed by atoms with van der Waals surface area (Å²) in [6, 6.07) is 18.9. The van der Waals surface area contributed by atoms with Crippen molar-refractivity contribution in [3.05, 3.63) is 65.7 Å². The molecule has 0 radical (unpaired) electrons. The third-order valence-electron chi connectivity index (χ3n) is 4.00. The summed E-state index contributed by atoms with van der Waals surface area (Å²) in [7, 11) is 0. The van der Waals surface area contributed by atoms with Crippen LogP contribution in [0.15, 0.2) is 54.6 Å². The molecule has 0 heterocycles. The Hall–Kier alpha value is -1.87. The second-order valence-electron chi connectivity index (χ2n) is 5.63. The van der Waals surface area contributed by atoms with Gasteiger partial charge in [0.1, 0.15) is 0 Å². The Bertz CT molecular complexity index is 610. The van der Waals surface area contributed by atoms with Crippen molar-refractivity contribution in [2.75, 3.05) is 5.32 Å². The van der Waals surface area contributed by atoms with Crippen molar-refractivity contribution < 1.29 is 0 Å². The maximum Gasteiger partial charge on any atom is 0.171 e. The molecule has 2 unspecified atom stereocenters. The van der Waals surface area contributed by atoms with Crippen molar-refractivity contribution in [1.82, 2.24) is 5.32 Å².